The summed E-state index contributed by atoms with van der Waals surface area (Å²) >= 11 is 0. The van der Waals surface area contributed by atoms with Crippen LogP contribution in [0.15, 0.2) is 42.6 Å². The summed E-state index contributed by atoms with van der Waals surface area (Å²) < 4.78 is 0. The van der Waals surface area contributed by atoms with Crippen LogP contribution in [0.3, 0.4) is 0 Å². The van der Waals surface area contributed by atoms with Gasteiger partial charge in [-0.25, -0.2) is 9.78 Å². The first-order valence-corrected chi connectivity index (χ1v) is 7.05. The Morgan fingerprint density at radius 1 is 1.27 bits per heavy atom. The molecule has 2 atom stereocenters. The molecule has 3 rings (SSSR count). The molecule has 0 bridgehead atoms. The zero-order valence-electron chi connectivity index (χ0n) is 12.3. The minimum absolute atomic E-state index is 0.0870. The number of rotatable bonds is 3. The number of nitrogens with zero attached hydrogens (tertiary/aromatic N) is 1. The number of carbonyl (C=O) groups excluding carboxylic acids is 1. The standard InChI is InChI=1S/C17H16N2O3/c1-10(11-5-7-12(8-6-11)15(20)21)17(2)13-4-3-9-18-14(13)19-16(17)22/h3-10H,1-2H3,(H,20,21)(H,18,19,22)/t10-,17-/m1/s1. The van der Waals surface area contributed by atoms with Crippen LogP contribution in [-0.4, -0.2) is 22.0 Å². The third-order valence-electron chi connectivity index (χ3n) is 4.59. The summed E-state index contributed by atoms with van der Waals surface area (Å²) in [5.41, 5.74) is 1.29. The van der Waals surface area contributed by atoms with Crippen LogP contribution >= 0.6 is 0 Å². The van der Waals surface area contributed by atoms with Gasteiger partial charge in [0.2, 0.25) is 5.91 Å². The van der Waals surface area contributed by atoms with Gasteiger partial charge in [-0.1, -0.05) is 25.1 Å². The second-order valence-electron chi connectivity index (χ2n) is 5.70. The zero-order valence-corrected chi connectivity index (χ0v) is 12.3. The van der Waals surface area contributed by atoms with Gasteiger partial charge in [-0.2, -0.15) is 0 Å². The van der Waals surface area contributed by atoms with Gasteiger partial charge in [0.1, 0.15) is 5.82 Å². The largest absolute Gasteiger partial charge is 0.478 e. The van der Waals surface area contributed by atoms with Gasteiger partial charge >= 0.3 is 5.97 Å². The molecule has 0 saturated heterocycles. The summed E-state index contributed by atoms with van der Waals surface area (Å²) in [6.07, 6.45) is 1.65. The second kappa shape index (κ2) is 4.94. The molecule has 1 amide bonds. The molecule has 1 aromatic heterocycles. The topological polar surface area (TPSA) is 79.3 Å². The van der Waals surface area contributed by atoms with Crippen LogP contribution in [0.1, 0.15) is 41.3 Å². The summed E-state index contributed by atoms with van der Waals surface area (Å²) in [5, 5.41) is 11.8. The molecule has 2 aromatic rings. The van der Waals surface area contributed by atoms with Gasteiger partial charge in [-0.15, -0.1) is 0 Å². The fourth-order valence-corrected chi connectivity index (χ4v) is 2.96. The number of carboxylic acid groups (broad SMARTS) is 1. The van der Waals surface area contributed by atoms with Gasteiger partial charge in [0.05, 0.1) is 11.0 Å². The van der Waals surface area contributed by atoms with Crippen molar-refractivity contribution in [2.24, 2.45) is 0 Å². The number of carboxylic acids is 1. The molecule has 112 valence electrons. The summed E-state index contributed by atoms with van der Waals surface area (Å²) in [7, 11) is 0. The highest BCUT2D eigenvalue weighted by Crippen LogP contribution is 2.45. The highest BCUT2D eigenvalue weighted by atomic mass is 16.4. The number of hydrogen-bond donors (Lipinski definition) is 2. The fourth-order valence-electron chi connectivity index (χ4n) is 2.96. The number of hydrogen-bond acceptors (Lipinski definition) is 3. The van der Waals surface area contributed by atoms with Gasteiger partial charge < -0.3 is 10.4 Å². The van der Waals surface area contributed by atoms with E-state index in [0.29, 0.717) is 5.82 Å². The van der Waals surface area contributed by atoms with Crippen LogP contribution < -0.4 is 5.32 Å². The average Bonchev–Trinajstić information content (AvgIpc) is 2.79. The van der Waals surface area contributed by atoms with Crippen molar-refractivity contribution >= 4 is 17.7 Å². The van der Waals surface area contributed by atoms with E-state index in [9.17, 15) is 9.59 Å². The van der Waals surface area contributed by atoms with Crippen LogP contribution in [-0.2, 0) is 10.2 Å². The maximum absolute atomic E-state index is 12.5. The maximum atomic E-state index is 12.5. The van der Waals surface area contributed by atoms with E-state index in [4.69, 9.17) is 5.11 Å². The first-order chi connectivity index (χ1) is 10.4. The smallest absolute Gasteiger partial charge is 0.335 e. The molecule has 0 unspecified atom stereocenters. The number of nitrogens with one attached hydrogen (secondary N) is 1. The van der Waals surface area contributed by atoms with E-state index < -0.39 is 11.4 Å². The predicted molar refractivity (Wildman–Crippen MR) is 82.0 cm³/mol. The van der Waals surface area contributed by atoms with E-state index >= 15 is 0 Å². The van der Waals surface area contributed by atoms with Crippen molar-refractivity contribution in [2.45, 2.75) is 25.2 Å². The quantitative estimate of drug-likeness (QED) is 0.912. The molecule has 0 saturated carbocycles. The minimum atomic E-state index is -0.960. The van der Waals surface area contributed by atoms with E-state index in [1.807, 2.05) is 26.0 Å². The van der Waals surface area contributed by atoms with Gasteiger partial charge in [0.15, 0.2) is 0 Å². The normalized spacial score (nSPS) is 21.1. The molecule has 1 aliphatic heterocycles. The van der Waals surface area contributed by atoms with Gasteiger partial charge in [-0.3, -0.25) is 4.79 Å². The Kier molecular flexibility index (Phi) is 3.20. The summed E-state index contributed by atoms with van der Waals surface area (Å²) in [6, 6.07) is 10.4. The van der Waals surface area contributed by atoms with E-state index in [1.54, 1.807) is 30.5 Å². The monoisotopic (exact) mass is 296 g/mol. The van der Waals surface area contributed by atoms with Crippen LogP contribution in [0.4, 0.5) is 5.82 Å². The van der Waals surface area contributed by atoms with Gasteiger partial charge in [0, 0.05) is 11.8 Å². The van der Waals surface area contributed by atoms with E-state index in [0.717, 1.165) is 11.1 Å². The molecule has 1 aliphatic rings. The van der Waals surface area contributed by atoms with Crippen molar-refractivity contribution in [2.75, 3.05) is 5.32 Å². The molecule has 0 spiro atoms. The van der Waals surface area contributed by atoms with E-state index in [2.05, 4.69) is 10.3 Å². The van der Waals surface area contributed by atoms with Crippen molar-refractivity contribution in [3.63, 3.8) is 0 Å². The van der Waals surface area contributed by atoms with Crippen molar-refractivity contribution in [3.05, 3.63) is 59.3 Å². The number of aromatic carboxylic acids is 1. The number of aromatic nitrogens is 1. The fraction of sp³-hybridized carbons (Fsp3) is 0.235. The molecule has 5 nitrogen and oxygen atoms in total. The molecule has 22 heavy (non-hydrogen) atoms. The van der Waals surface area contributed by atoms with E-state index in [1.165, 1.54) is 0 Å². The number of fused-ring (bicyclic) bond motifs is 1. The highest BCUT2D eigenvalue weighted by Gasteiger charge is 2.47. The summed E-state index contributed by atoms with van der Waals surface area (Å²) in [4.78, 5) is 27.7. The van der Waals surface area contributed by atoms with Crippen molar-refractivity contribution in [1.82, 2.24) is 4.98 Å². The Morgan fingerprint density at radius 2 is 1.95 bits per heavy atom. The molecule has 5 heteroatoms. The number of carbonyl (C=O) groups is 2. The maximum Gasteiger partial charge on any atom is 0.335 e. The van der Waals surface area contributed by atoms with Gasteiger partial charge in [-0.05, 0) is 36.6 Å². The van der Waals surface area contributed by atoms with Crippen molar-refractivity contribution in [1.29, 1.82) is 0 Å². The van der Waals surface area contributed by atoms with Crippen LogP contribution in [0.2, 0.25) is 0 Å². The Labute approximate surface area is 128 Å². The predicted octanol–water partition coefficient (Wildman–Crippen LogP) is 2.79. The molecule has 0 radical (unpaired) electrons. The number of pyridine rings is 1. The molecule has 0 fully saturated rings. The summed E-state index contributed by atoms with van der Waals surface area (Å²) in [5.74, 6) is -0.556. The first-order valence-electron chi connectivity index (χ1n) is 7.05. The Hall–Kier alpha value is -2.69. The molecule has 0 aliphatic carbocycles. The second-order valence-corrected chi connectivity index (χ2v) is 5.70. The molecular weight excluding hydrogens is 280 g/mol. The third-order valence-corrected chi connectivity index (χ3v) is 4.59. The lowest BCUT2D eigenvalue weighted by Gasteiger charge is -2.30. The van der Waals surface area contributed by atoms with Crippen LogP contribution in [0.5, 0.6) is 0 Å². The lowest BCUT2D eigenvalue weighted by atomic mass is 9.71. The third kappa shape index (κ3) is 1.97. The number of anilines is 1. The molecule has 2 N–H and O–H groups in total. The number of benzene rings is 1. The zero-order chi connectivity index (χ0) is 15.9. The highest BCUT2D eigenvalue weighted by molar-refractivity contribution is 6.05. The average molecular weight is 296 g/mol. The lowest BCUT2D eigenvalue weighted by molar-refractivity contribution is -0.120. The van der Waals surface area contributed by atoms with Gasteiger partial charge in [0.25, 0.3) is 0 Å². The van der Waals surface area contributed by atoms with Crippen LogP contribution in [0, 0.1) is 0 Å². The van der Waals surface area contributed by atoms with E-state index in [-0.39, 0.29) is 17.4 Å². The minimum Gasteiger partial charge on any atom is -0.478 e. The molecule has 2 heterocycles. The SMILES string of the molecule is C[C@H](c1ccc(C(=O)O)cc1)[C@@]1(C)C(=O)Nc2ncccc21. The number of amides is 1. The Balaban J connectivity index is 2.02. The first kappa shape index (κ1) is 14.3. The van der Waals surface area contributed by atoms with Crippen molar-refractivity contribution < 1.29 is 14.7 Å². The van der Waals surface area contributed by atoms with Crippen LogP contribution in [0.25, 0.3) is 0 Å². The Bertz CT molecular complexity index is 755. The Morgan fingerprint density at radius 3 is 2.59 bits per heavy atom. The summed E-state index contributed by atoms with van der Waals surface area (Å²) in [6.45, 7) is 3.86. The molecular formula is C17H16N2O3. The molecule has 1 aromatic carbocycles. The lowest BCUT2D eigenvalue weighted by Crippen LogP contribution is -2.36. The van der Waals surface area contributed by atoms with Crippen molar-refractivity contribution in [3.8, 4) is 0 Å².